The van der Waals surface area contributed by atoms with Gasteiger partial charge < -0.3 is 4.74 Å². The van der Waals surface area contributed by atoms with Gasteiger partial charge >= 0.3 is 6.09 Å². The third-order valence-electron chi connectivity index (χ3n) is 1.61. The highest BCUT2D eigenvalue weighted by Gasteiger charge is 2.07. The van der Waals surface area contributed by atoms with Gasteiger partial charge in [0.25, 0.3) is 5.69 Å². The molecular weight excluding hydrogens is 228 g/mol. The van der Waals surface area contributed by atoms with Crippen molar-refractivity contribution in [1.82, 2.24) is 5.48 Å². The van der Waals surface area contributed by atoms with Crippen LogP contribution in [0.5, 0.6) is 5.75 Å². The topological polar surface area (TPSA) is 90.7 Å². The maximum absolute atomic E-state index is 11.1. The number of non-ortho nitro benzene ring substituents is 1. The van der Waals surface area contributed by atoms with E-state index in [0.29, 0.717) is 0 Å². The molecule has 0 radical (unpaired) electrons. The van der Waals surface area contributed by atoms with Crippen molar-refractivity contribution in [2.24, 2.45) is 0 Å². The van der Waals surface area contributed by atoms with E-state index < -0.39 is 11.0 Å². The Balaban J connectivity index is 2.48. The molecule has 0 unspecified atom stereocenters. The highest BCUT2D eigenvalue weighted by molar-refractivity contribution is 5.69. The normalized spacial score (nSPS) is 9.41. The lowest BCUT2D eigenvalue weighted by Gasteiger charge is -2.04. The van der Waals surface area contributed by atoms with Crippen LogP contribution in [-0.2, 0) is 4.84 Å². The van der Waals surface area contributed by atoms with Gasteiger partial charge in [0, 0.05) is 12.1 Å². The fourth-order valence-electron chi connectivity index (χ4n) is 0.923. The van der Waals surface area contributed by atoms with Crippen molar-refractivity contribution in [2.75, 3.05) is 6.61 Å². The molecule has 7 heteroatoms. The average molecular weight is 238 g/mol. The fourth-order valence-corrected chi connectivity index (χ4v) is 0.923. The predicted octanol–water partition coefficient (Wildman–Crippen LogP) is 1.80. The van der Waals surface area contributed by atoms with Crippen molar-refractivity contribution in [3.63, 3.8) is 0 Å². The van der Waals surface area contributed by atoms with Crippen molar-refractivity contribution in [3.8, 4) is 5.75 Å². The van der Waals surface area contributed by atoms with Crippen molar-refractivity contribution < 1.29 is 19.3 Å². The number of ether oxygens (including phenoxy) is 1. The van der Waals surface area contributed by atoms with E-state index in [1.165, 1.54) is 30.3 Å². The number of hydrogen-bond acceptors (Lipinski definition) is 5. The minimum absolute atomic E-state index is 0.0827. The van der Waals surface area contributed by atoms with Crippen molar-refractivity contribution >= 4 is 11.8 Å². The number of benzene rings is 1. The SMILES string of the molecule is C=CCONC(=O)Oc1ccc([N+](=O)[O-])cc1. The second kappa shape index (κ2) is 6.23. The molecule has 0 fully saturated rings. The van der Waals surface area contributed by atoms with Gasteiger partial charge in [-0.05, 0) is 12.1 Å². The third kappa shape index (κ3) is 4.31. The molecule has 0 aliphatic rings. The standard InChI is InChI=1S/C10H10N2O5/c1-2-7-16-11-10(13)17-9-5-3-8(4-6-9)12(14)15/h2-6H,1,7H2,(H,11,13). The zero-order valence-corrected chi connectivity index (χ0v) is 8.79. The average Bonchev–Trinajstić information content (AvgIpc) is 2.30. The van der Waals surface area contributed by atoms with E-state index in [1.807, 2.05) is 5.48 Å². The summed E-state index contributed by atoms with van der Waals surface area (Å²) in [7, 11) is 0. The fraction of sp³-hybridized carbons (Fsp3) is 0.100. The summed E-state index contributed by atoms with van der Waals surface area (Å²) in [6.07, 6.45) is 0.632. The van der Waals surface area contributed by atoms with Gasteiger partial charge in [-0.2, -0.15) is 5.48 Å². The molecule has 0 aliphatic carbocycles. The van der Waals surface area contributed by atoms with E-state index in [2.05, 4.69) is 11.4 Å². The molecule has 1 aromatic carbocycles. The Hall–Kier alpha value is -2.41. The second-order valence-corrected chi connectivity index (χ2v) is 2.84. The highest BCUT2D eigenvalue weighted by atomic mass is 16.7. The number of nitro benzene ring substituents is 1. The molecule has 0 aromatic heterocycles. The molecule has 0 saturated heterocycles. The molecule has 90 valence electrons. The summed E-state index contributed by atoms with van der Waals surface area (Å²) >= 11 is 0. The first-order valence-corrected chi connectivity index (χ1v) is 4.58. The molecule has 0 atom stereocenters. The Labute approximate surface area is 96.7 Å². The van der Waals surface area contributed by atoms with Crippen LogP contribution in [0.15, 0.2) is 36.9 Å². The summed E-state index contributed by atoms with van der Waals surface area (Å²) in [5, 5.41) is 10.4. The number of carbonyl (C=O) groups is 1. The zero-order valence-electron chi connectivity index (χ0n) is 8.79. The maximum Gasteiger partial charge on any atom is 0.436 e. The van der Waals surface area contributed by atoms with Crippen LogP contribution in [0.25, 0.3) is 0 Å². The van der Waals surface area contributed by atoms with Crippen molar-refractivity contribution in [2.45, 2.75) is 0 Å². The summed E-state index contributed by atoms with van der Waals surface area (Å²) in [5.41, 5.74) is 1.92. The molecular formula is C10H10N2O5. The quantitative estimate of drug-likeness (QED) is 0.365. The van der Waals surface area contributed by atoms with E-state index in [-0.39, 0.29) is 18.0 Å². The molecule has 1 rings (SSSR count). The van der Waals surface area contributed by atoms with Gasteiger partial charge in [0.1, 0.15) is 5.75 Å². The van der Waals surface area contributed by atoms with Gasteiger partial charge in [0.2, 0.25) is 0 Å². The summed E-state index contributed by atoms with van der Waals surface area (Å²) < 4.78 is 4.76. The number of hydroxylamine groups is 1. The number of rotatable bonds is 5. The predicted molar refractivity (Wildman–Crippen MR) is 58.4 cm³/mol. The number of nitro groups is 1. The lowest BCUT2D eigenvalue weighted by molar-refractivity contribution is -0.384. The molecule has 0 heterocycles. The van der Waals surface area contributed by atoms with Crippen LogP contribution in [0.1, 0.15) is 0 Å². The number of nitrogens with zero attached hydrogens (tertiary/aromatic N) is 1. The van der Waals surface area contributed by atoms with Crippen molar-refractivity contribution in [3.05, 3.63) is 47.0 Å². The van der Waals surface area contributed by atoms with Crippen molar-refractivity contribution in [1.29, 1.82) is 0 Å². The lowest BCUT2D eigenvalue weighted by Crippen LogP contribution is -2.27. The Kier molecular flexibility index (Phi) is 4.64. The van der Waals surface area contributed by atoms with E-state index in [1.54, 1.807) is 0 Å². The molecule has 1 aromatic rings. The molecule has 1 amide bonds. The summed E-state index contributed by atoms with van der Waals surface area (Å²) in [6.45, 7) is 3.53. The van der Waals surface area contributed by atoms with Crippen LogP contribution >= 0.6 is 0 Å². The Morgan fingerprint density at radius 1 is 1.47 bits per heavy atom. The Morgan fingerprint density at radius 2 is 2.12 bits per heavy atom. The number of nitrogens with one attached hydrogen (secondary N) is 1. The first kappa shape index (κ1) is 12.7. The van der Waals surface area contributed by atoms with Gasteiger partial charge in [-0.3, -0.25) is 15.0 Å². The van der Waals surface area contributed by atoms with Gasteiger partial charge in [0.05, 0.1) is 11.5 Å². The molecule has 0 bridgehead atoms. The van der Waals surface area contributed by atoms with E-state index in [9.17, 15) is 14.9 Å². The molecule has 0 aliphatic heterocycles. The molecule has 7 nitrogen and oxygen atoms in total. The smallest absolute Gasteiger partial charge is 0.409 e. The van der Waals surface area contributed by atoms with Crippen LogP contribution in [0.3, 0.4) is 0 Å². The number of amides is 1. The molecule has 17 heavy (non-hydrogen) atoms. The minimum atomic E-state index is -0.819. The molecule has 0 spiro atoms. The summed E-state index contributed by atoms with van der Waals surface area (Å²) in [6, 6.07) is 5.08. The van der Waals surface area contributed by atoms with E-state index >= 15 is 0 Å². The van der Waals surface area contributed by atoms with Crippen LogP contribution in [0.4, 0.5) is 10.5 Å². The second-order valence-electron chi connectivity index (χ2n) is 2.84. The zero-order chi connectivity index (χ0) is 12.7. The highest BCUT2D eigenvalue weighted by Crippen LogP contribution is 2.17. The van der Waals surface area contributed by atoms with Gasteiger partial charge in [-0.25, -0.2) is 4.79 Å². The molecule has 1 N–H and O–H groups in total. The van der Waals surface area contributed by atoms with Crippen LogP contribution < -0.4 is 10.2 Å². The Bertz CT molecular complexity index is 415. The van der Waals surface area contributed by atoms with Gasteiger partial charge in [-0.1, -0.05) is 6.08 Å². The lowest BCUT2D eigenvalue weighted by atomic mass is 10.3. The Morgan fingerprint density at radius 3 is 2.65 bits per heavy atom. The first-order chi connectivity index (χ1) is 8.13. The van der Waals surface area contributed by atoms with E-state index in [4.69, 9.17) is 4.74 Å². The summed E-state index contributed by atoms with van der Waals surface area (Å²) in [5.74, 6) is 0.176. The van der Waals surface area contributed by atoms with Crippen LogP contribution in [0.2, 0.25) is 0 Å². The summed E-state index contributed by atoms with van der Waals surface area (Å²) in [4.78, 5) is 25.5. The third-order valence-corrected chi connectivity index (χ3v) is 1.61. The van der Waals surface area contributed by atoms with Gasteiger partial charge in [-0.15, -0.1) is 6.58 Å². The maximum atomic E-state index is 11.1. The monoisotopic (exact) mass is 238 g/mol. The minimum Gasteiger partial charge on any atom is -0.409 e. The van der Waals surface area contributed by atoms with Crippen LogP contribution in [-0.4, -0.2) is 17.6 Å². The first-order valence-electron chi connectivity index (χ1n) is 4.58. The molecule has 0 saturated carbocycles. The van der Waals surface area contributed by atoms with Gasteiger partial charge in [0.15, 0.2) is 0 Å². The van der Waals surface area contributed by atoms with E-state index in [0.717, 1.165) is 0 Å². The number of carbonyl (C=O) groups excluding carboxylic acids is 1. The number of hydrogen-bond donors (Lipinski definition) is 1. The largest absolute Gasteiger partial charge is 0.436 e. The van der Waals surface area contributed by atoms with Crippen LogP contribution in [0, 0.1) is 10.1 Å².